The van der Waals surface area contributed by atoms with Gasteiger partial charge in [-0.15, -0.1) is 0 Å². The van der Waals surface area contributed by atoms with Gasteiger partial charge in [0.25, 0.3) is 0 Å². The van der Waals surface area contributed by atoms with Crippen LogP contribution in [0.3, 0.4) is 0 Å². The molecule has 0 aliphatic rings. The van der Waals surface area contributed by atoms with Crippen LogP contribution < -0.4 is 16.5 Å². The van der Waals surface area contributed by atoms with E-state index in [-0.39, 0.29) is 132 Å². The van der Waals surface area contributed by atoms with E-state index in [1.54, 1.807) is 0 Å². The van der Waals surface area contributed by atoms with Crippen LogP contribution in [-0.4, -0.2) is 168 Å². The Morgan fingerprint density at radius 1 is 1.20 bits per heavy atom. The van der Waals surface area contributed by atoms with Crippen molar-refractivity contribution in [3.63, 3.8) is 0 Å². The molecule has 0 unspecified atom stereocenters. The van der Waals surface area contributed by atoms with Gasteiger partial charge in [0, 0.05) is 26.2 Å². The molecule has 0 amide bonds. The van der Waals surface area contributed by atoms with Crippen LogP contribution in [0.2, 0.25) is 0 Å². The van der Waals surface area contributed by atoms with Gasteiger partial charge in [0.05, 0.1) is 0 Å². The van der Waals surface area contributed by atoms with Gasteiger partial charge in [-0.3, -0.25) is 0 Å². The Labute approximate surface area is 197 Å². The van der Waals surface area contributed by atoms with Gasteiger partial charge >= 0.3 is 140 Å². The van der Waals surface area contributed by atoms with Crippen molar-refractivity contribution < 1.29 is 19.0 Å². The third kappa shape index (κ3) is 27.5. The van der Waals surface area contributed by atoms with E-state index in [0.717, 1.165) is 0 Å². The Hall–Kier alpha value is 4.26. The van der Waals surface area contributed by atoms with Crippen LogP contribution in [0.25, 0.3) is 0 Å². The van der Waals surface area contributed by atoms with Gasteiger partial charge in [0.15, 0.2) is 0 Å². The molecule has 0 saturated heterocycles. The quantitative estimate of drug-likeness (QED) is 0.142. The van der Waals surface area contributed by atoms with Gasteiger partial charge in [-0.25, -0.2) is 4.57 Å². The van der Waals surface area contributed by atoms with Crippen LogP contribution in [0, 0.1) is 0 Å². The number of nitrogens with one attached hydrogen (secondary N) is 2. The molecule has 0 fully saturated rings. The van der Waals surface area contributed by atoms with Crippen LogP contribution >= 0.6 is 7.82 Å². The molecule has 0 aliphatic heterocycles. The minimum absolute atomic E-state index is 0. The number of phosphoric acid groups is 1. The number of hydrogen-bond donors (Lipinski definition) is 5. The van der Waals surface area contributed by atoms with E-state index in [4.69, 9.17) is 15.5 Å². The van der Waals surface area contributed by atoms with Crippen LogP contribution in [-0.2, 0) is 9.19 Å². The first-order valence-corrected chi connectivity index (χ1v) is 4.97. The zero-order chi connectivity index (χ0) is 9.45. The molecule has 0 rings (SSSR count). The van der Waals surface area contributed by atoms with Gasteiger partial charge in [-0.2, -0.15) is 10.1 Å². The summed E-state index contributed by atoms with van der Waals surface area (Å²) in [5.74, 6) is 0. The first-order valence-electron chi connectivity index (χ1n) is 3.44. The number of nitrogens with two attached hydrogens (primary N) is 1. The summed E-state index contributed by atoms with van der Waals surface area (Å²) in [6.07, 6.45) is 0. The SMILES string of the molecule is NCCNCCNOP(=O)(O)O.[KH].[KH].[NaH]. The summed E-state index contributed by atoms with van der Waals surface area (Å²) in [7, 11) is -4.38. The summed E-state index contributed by atoms with van der Waals surface area (Å²) in [6, 6.07) is 0. The zero-order valence-electron chi connectivity index (χ0n) is 6.56. The van der Waals surface area contributed by atoms with Gasteiger partial charge in [-0.1, -0.05) is 0 Å². The van der Waals surface area contributed by atoms with Crippen molar-refractivity contribution in [3.8, 4) is 0 Å². The molecule has 15 heavy (non-hydrogen) atoms. The molecule has 0 radical (unpaired) electrons. The Balaban J connectivity index is -0.000000202. The molecule has 0 heterocycles. The summed E-state index contributed by atoms with van der Waals surface area (Å²) in [6.45, 7) is 2.04. The van der Waals surface area contributed by atoms with Gasteiger partial charge in [0.1, 0.15) is 0 Å². The predicted octanol–water partition coefficient (Wildman–Crippen LogP) is -3.80. The molecule has 7 nitrogen and oxygen atoms in total. The van der Waals surface area contributed by atoms with Crippen molar-refractivity contribution in [3.05, 3.63) is 0 Å². The average Bonchev–Trinajstić information content (AvgIpc) is 1.94. The molecular formula is C4H17K2N3NaO4P. The Morgan fingerprint density at radius 3 is 2.13 bits per heavy atom. The third-order valence-corrected chi connectivity index (χ3v) is 1.28. The molecule has 0 saturated carbocycles. The van der Waals surface area contributed by atoms with Crippen LogP contribution in [0.4, 0.5) is 0 Å². The van der Waals surface area contributed by atoms with Crippen LogP contribution in [0.5, 0.6) is 0 Å². The number of hydrogen-bond acceptors (Lipinski definition) is 5. The first kappa shape index (κ1) is 27.6. The van der Waals surface area contributed by atoms with Crippen molar-refractivity contribution in [1.29, 1.82) is 0 Å². The van der Waals surface area contributed by atoms with Crippen molar-refractivity contribution in [1.82, 2.24) is 10.8 Å². The molecule has 0 atom stereocenters. The topological polar surface area (TPSA) is 117 Å². The zero-order valence-corrected chi connectivity index (χ0v) is 7.46. The summed E-state index contributed by atoms with van der Waals surface area (Å²) >= 11 is 0. The predicted molar refractivity (Wildman–Crippen MR) is 64.5 cm³/mol. The van der Waals surface area contributed by atoms with E-state index >= 15 is 0 Å². The Kier molecular flexibility index (Phi) is 33.6. The molecule has 6 N–H and O–H groups in total. The van der Waals surface area contributed by atoms with Crippen molar-refractivity contribution in [2.75, 3.05) is 26.2 Å². The molecule has 0 aromatic carbocycles. The summed E-state index contributed by atoms with van der Waals surface area (Å²) in [4.78, 5) is 16.4. The van der Waals surface area contributed by atoms with E-state index in [1.165, 1.54) is 0 Å². The van der Waals surface area contributed by atoms with Gasteiger partial charge in [-0.05, 0) is 0 Å². The fourth-order valence-corrected chi connectivity index (χ4v) is 0.756. The molecule has 11 heteroatoms. The summed E-state index contributed by atoms with van der Waals surface area (Å²) in [5, 5.41) is 2.90. The monoisotopic (exact) mass is 303 g/mol. The molecule has 0 spiro atoms. The van der Waals surface area contributed by atoms with Crippen LogP contribution in [0.1, 0.15) is 0 Å². The van der Waals surface area contributed by atoms with Gasteiger partial charge < -0.3 is 20.8 Å². The van der Waals surface area contributed by atoms with E-state index < -0.39 is 7.82 Å². The maximum atomic E-state index is 10.1. The second-order valence-corrected chi connectivity index (χ2v) is 3.18. The molecule has 0 aromatic heterocycles. The van der Waals surface area contributed by atoms with E-state index in [0.29, 0.717) is 26.2 Å². The van der Waals surface area contributed by atoms with Crippen molar-refractivity contribution in [2.45, 2.75) is 0 Å². The maximum absolute atomic E-state index is 10.1. The van der Waals surface area contributed by atoms with Crippen molar-refractivity contribution >= 4 is 140 Å². The molecule has 0 aliphatic carbocycles. The summed E-state index contributed by atoms with van der Waals surface area (Å²) < 4.78 is 14.0. The second kappa shape index (κ2) is 18.3. The Morgan fingerprint density at radius 2 is 1.73 bits per heavy atom. The number of rotatable bonds is 7. The molecule has 80 valence electrons. The van der Waals surface area contributed by atoms with Gasteiger partial charge in [0.2, 0.25) is 0 Å². The van der Waals surface area contributed by atoms with Crippen LogP contribution in [0.15, 0.2) is 0 Å². The standard InChI is InChI=1S/C4H14N3O4P.2K.Na.3H/c5-1-2-6-3-4-7-11-12(8,9)10;;;;;;/h6-7H,1-5H2,(H2,8,9,10);;;;;;. The molecular weight excluding hydrogens is 286 g/mol. The summed E-state index contributed by atoms with van der Waals surface area (Å²) in [5.41, 5.74) is 7.29. The average molecular weight is 303 g/mol. The van der Waals surface area contributed by atoms with E-state index in [9.17, 15) is 4.57 Å². The fraction of sp³-hybridized carbons (Fsp3) is 1.00. The Bertz CT molecular complexity index is 163. The normalized spacial score (nSPS) is 9.53. The van der Waals surface area contributed by atoms with E-state index in [2.05, 4.69) is 15.4 Å². The third-order valence-electron chi connectivity index (χ3n) is 0.908. The number of hydroxylamine groups is 1. The first-order chi connectivity index (χ1) is 5.56. The minimum atomic E-state index is -4.38. The van der Waals surface area contributed by atoms with E-state index in [1.807, 2.05) is 0 Å². The molecule has 0 bridgehead atoms. The fourth-order valence-electron chi connectivity index (χ4n) is 0.496. The molecule has 0 aromatic rings. The van der Waals surface area contributed by atoms with Crippen molar-refractivity contribution in [2.24, 2.45) is 5.73 Å². The second-order valence-electron chi connectivity index (χ2n) is 2.01.